The summed E-state index contributed by atoms with van der Waals surface area (Å²) in [7, 11) is -3.96. The van der Waals surface area contributed by atoms with Crippen LogP contribution in [0.2, 0.25) is 0 Å². The van der Waals surface area contributed by atoms with Crippen molar-refractivity contribution in [1.29, 1.82) is 0 Å². The van der Waals surface area contributed by atoms with E-state index in [1.165, 1.54) is 52.3 Å². The van der Waals surface area contributed by atoms with Gasteiger partial charge in [-0.15, -0.1) is 5.10 Å². The summed E-state index contributed by atoms with van der Waals surface area (Å²) < 4.78 is 29.5. The van der Waals surface area contributed by atoms with E-state index >= 15 is 0 Å². The Morgan fingerprint density at radius 1 is 1.00 bits per heavy atom. The Hall–Kier alpha value is -4.38. The van der Waals surface area contributed by atoms with Gasteiger partial charge in [-0.25, -0.2) is 13.1 Å². The summed E-state index contributed by atoms with van der Waals surface area (Å²) in [6.45, 7) is 1.31. The molecular formula is C23H19N5O5S. The highest BCUT2D eigenvalue weighted by atomic mass is 32.2. The fraction of sp³-hybridized carbons (Fsp3) is 0.0870. The molecule has 0 saturated heterocycles. The number of non-ortho nitro benzene ring substituents is 1. The maximum Gasteiger partial charge on any atom is 0.269 e. The number of nitro groups is 1. The number of hydrogen-bond acceptors (Lipinski definition) is 7. The lowest BCUT2D eigenvalue weighted by Gasteiger charge is -2.23. The van der Waals surface area contributed by atoms with Crippen molar-refractivity contribution in [2.75, 3.05) is 4.31 Å². The number of anilines is 1. The molecule has 1 heterocycles. The Labute approximate surface area is 195 Å². The molecule has 0 saturated carbocycles. The zero-order valence-electron chi connectivity index (χ0n) is 18.0. The molecule has 0 fully saturated rings. The molecule has 4 aromatic rings. The van der Waals surface area contributed by atoms with Crippen LogP contribution in [-0.2, 0) is 16.6 Å². The molecule has 0 N–H and O–H groups in total. The maximum absolute atomic E-state index is 13.5. The minimum Gasteiger partial charge on any atom is -0.295 e. The standard InChI is InChI=1S/C23H19N5O5S/c1-17(29)18-7-9-21(10-8-18)27(34(32,33)23-5-3-2-4-6-23)16-19-15-26(25-24-19)20-11-13-22(14-12-20)28(30)31/h2-15H,16H2,1H3. The summed E-state index contributed by atoms with van der Waals surface area (Å²) in [5.74, 6) is -0.130. The van der Waals surface area contributed by atoms with Crippen LogP contribution in [0.1, 0.15) is 23.0 Å². The van der Waals surface area contributed by atoms with E-state index in [2.05, 4.69) is 10.3 Å². The van der Waals surface area contributed by atoms with Gasteiger partial charge in [0.2, 0.25) is 0 Å². The Morgan fingerprint density at radius 3 is 2.24 bits per heavy atom. The summed E-state index contributed by atoms with van der Waals surface area (Å²) in [6.07, 6.45) is 1.55. The number of sulfonamides is 1. The predicted octanol–water partition coefficient (Wildman–Crippen LogP) is 3.77. The van der Waals surface area contributed by atoms with E-state index < -0.39 is 14.9 Å². The van der Waals surface area contributed by atoms with Crippen molar-refractivity contribution in [3.05, 3.63) is 106 Å². The van der Waals surface area contributed by atoms with Crippen molar-refractivity contribution in [2.24, 2.45) is 0 Å². The van der Waals surface area contributed by atoms with Crippen LogP contribution in [0.25, 0.3) is 5.69 Å². The molecule has 0 aliphatic heterocycles. The zero-order chi connectivity index (χ0) is 24.3. The first-order valence-corrected chi connectivity index (χ1v) is 11.5. The third-order valence-corrected chi connectivity index (χ3v) is 6.85. The highest BCUT2D eigenvalue weighted by molar-refractivity contribution is 7.92. The van der Waals surface area contributed by atoms with E-state index in [0.29, 0.717) is 22.6 Å². The third-order valence-electron chi connectivity index (χ3n) is 5.06. The van der Waals surface area contributed by atoms with Gasteiger partial charge in [-0.1, -0.05) is 23.4 Å². The lowest BCUT2D eigenvalue weighted by molar-refractivity contribution is -0.384. The minimum atomic E-state index is -3.96. The molecule has 0 radical (unpaired) electrons. The molecule has 1 aromatic heterocycles. The fourth-order valence-corrected chi connectivity index (χ4v) is 4.73. The van der Waals surface area contributed by atoms with Crippen molar-refractivity contribution in [3.63, 3.8) is 0 Å². The summed E-state index contributed by atoms with van der Waals surface area (Å²) >= 11 is 0. The second-order valence-corrected chi connectivity index (χ2v) is 9.22. The van der Waals surface area contributed by atoms with Crippen LogP contribution in [0.4, 0.5) is 11.4 Å². The lowest BCUT2D eigenvalue weighted by Crippen LogP contribution is -2.30. The number of Topliss-reactive ketones (excluding diaryl/α,β-unsaturated/α-hetero) is 1. The molecule has 11 heteroatoms. The molecule has 3 aromatic carbocycles. The Balaban J connectivity index is 1.69. The molecule has 0 atom stereocenters. The number of nitrogens with zero attached hydrogens (tertiary/aromatic N) is 5. The average Bonchev–Trinajstić information content (AvgIpc) is 3.32. The quantitative estimate of drug-likeness (QED) is 0.215. The van der Waals surface area contributed by atoms with Crippen molar-refractivity contribution >= 4 is 27.2 Å². The lowest BCUT2D eigenvalue weighted by atomic mass is 10.1. The Morgan fingerprint density at radius 2 is 1.65 bits per heavy atom. The summed E-state index contributed by atoms with van der Waals surface area (Å²) in [5, 5.41) is 19.0. The van der Waals surface area contributed by atoms with Crippen LogP contribution in [0.15, 0.2) is 90.0 Å². The first kappa shape index (κ1) is 22.8. The maximum atomic E-state index is 13.5. The van der Waals surface area contributed by atoms with Crippen molar-refractivity contribution in [1.82, 2.24) is 15.0 Å². The second-order valence-electron chi connectivity index (χ2n) is 7.36. The summed E-state index contributed by atoms with van der Waals surface area (Å²) in [5.41, 5.74) is 1.66. The molecule has 0 aliphatic rings. The zero-order valence-corrected chi connectivity index (χ0v) is 18.8. The molecule has 10 nitrogen and oxygen atoms in total. The van der Waals surface area contributed by atoms with Crippen LogP contribution in [-0.4, -0.2) is 34.1 Å². The van der Waals surface area contributed by atoms with E-state index in [1.54, 1.807) is 48.7 Å². The van der Waals surface area contributed by atoms with Gasteiger partial charge in [0.05, 0.1) is 33.9 Å². The highest BCUT2D eigenvalue weighted by Crippen LogP contribution is 2.26. The number of carbonyl (C=O) groups excluding carboxylic acids is 1. The predicted molar refractivity (Wildman–Crippen MR) is 124 cm³/mol. The molecule has 34 heavy (non-hydrogen) atoms. The highest BCUT2D eigenvalue weighted by Gasteiger charge is 2.26. The molecule has 0 unspecified atom stereocenters. The number of benzene rings is 3. The van der Waals surface area contributed by atoms with Crippen LogP contribution < -0.4 is 4.31 Å². The van der Waals surface area contributed by atoms with E-state index in [-0.39, 0.29) is 22.9 Å². The first-order chi connectivity index (χ1) is 16.3. The second kappa shape index (κ2) is 9.24. The summed E-state index contributed by atoms with van der Waals surface area (Å²) in [4.78, 5) is 22.1. The number of aromatic nitrogens is 3. The van der Waals surface area contributed by atoms with Crippen LogP contribution >= 0.6 is 0 Å². The topological polar surface area (TPSA) is 128 Å². The average molecular weight is 478 g/mol. The largest absolute Gasteiger partial charge is 0.295 e. The van der Waals surface area contributed by atoms with E-state index in [4.69, 9.17) is 0 Å². The normalized spacial score (nSPS) is 11.2. The number of ketones is 1. The molecule has 0 amide bonds. The van der Waals surface area contributed by atoms with Gasteiger partial charge in [0.15, 0.2) is 5.78 Å². The van der Waals surface area contributed by atoms with E-state index in [0.717, 1.165) is 0 Å². The summed E-state index contributed by atoms with van der Waals surface area (Å²) in [6, 6.07) is 20.0. The van der Waals surface area contributed by atoms with Crippen molar-refractivity contribution in [3.8, 4) is 5.69 Å². The van der Waals surface area contributed by atoms with Gasteiger partial charge in [-0.3, -0.25) is 19.2 Å². The van der Waals surface area contributed by atoms with Gasteiger partial charge < -0.3 is 0 Å². The van der Waals surface area contributed by atoms with Gasteiger partial charge in [0.25, 0.3) is 15.7 Å². The van der Waals surface area contributed by atoms with Crippen LogP contribution in [0.3, 0.4) is 0 Å². The van der Waals surface area contributed by atoms with Crippen LogP contribution in [0, 0.1) is 10.1 Å². The molecular weight excluding hydrogens is 458 g/mol. The molecule has 0 aliphatic carbocycles. The van der Waals surface area contributed by atoms with Gasteiger partial charge in [-0.05, 0) is 55.5 Å². The van der Waals surface area contributed by atoms with Crippen LogP contribution in [0.5, 0.6) is 0 Å². The minimum absolute atomic E-state index is 0.0572. The third kappa shape index (κ3) is 4.69. The van der Waals surface area contributed by atoms with Gasteiger partial charge in [0.1, 0.15) is 5.69 Å². The fourth-order valence-electron chi connectivity index (χ4n) is 3.27. The first-order valence-electron chi connectivity index (χ1n) is 10.1. The van der Waals surface area contributed by atoms with E-state index in [1.807, 2.05) is 0 Å². The Bertz CT molecular complexity index is 1430. The number of rotatable bonds is 8. The number of carbonyl (C=O) groups is 1. The SMILES string of the molecule is CC(=O)c1ccc(N(Cc2cn(-c3ccc([N+](=O)[O-])cc3)nn2)S(=O)(=O)c2ccccc2)cc1. The monoisotopic (exact) mass is 477 g/mol. The van der Waals surface area contributed by atoms with Crippen molar-refractivity contribution in [2.45, 2.75) is 18.4 Å². The number of hydrogen-bond donors (Lipinski definition) is 0. The van der Waals surface area contributed by atoms with E-state index in [9.17, 15) is 23.3 Å². The van der Waals surface area contributed by atoms with Gasteiger partial charge in [0, 0.05) is 17.7 Å². The smallest absolute Gasteiger partial charge is 0.269 e. The Kier molecular flexibility index (Phi) is 6.19. The molecule has 0 spiro atoms. The molecule has 4 rings (SSSR count). The molecule has 0 bridgehead atoms. The number of nitro benzene ring substituents is 1. The van der Waals surface area contributed by atoms with Gasteiger partial charge >= 0.3 is 0 Å². The molecule has 172 valence electrons. The van der Waals surface area contributed by atoms with Crippen molar-refractivity contribution < 1.29 is 18.1 Å². The van der Waals surface area contributed by atoms with Gasteiger partial charge in [-0.2, -0.15) is 0 Å².